The lowest BCUT2D eigenvalue weighted by molar-refractivity contribution is -0.130. The SMILES string of the molecule is Cl.O=C(CCCCc1ccc(F)cc1)N1CCCC1. The molecule has 0 bridgehead atoms. The summed E-state index contributed by atoms with van der Waals surface area (Å²) in [6, 6.07) is 6.62. The average molecular weight is 286 g/mol. The molecule has 1 aliphatic rings. The highest BCUT2D eigenvalue weighted by molar-refractivity contribution is 5.85. The number of hydrogen-bond acceptors (Lipinski definition) is 1. The van der Waals surface area contributed by atoms with Crippen LogP contribution >= 0.6 is 12.4 Å². The Balaban J connectivity index is 0.00000180. The van der Waals surface area contributed by atoms with Crippen LogP contribution in [0.2, 0.25) is 0 Å². The Morgan fingerprint density at radius 3 is 2.37 bits per heavy atom. The minimum atomic E-state index is -0.192. The normalized spacial score (nSPS) is 14.3. The van der Waals surface area contributed by atoms with Gasteiger partial charge >= 0.3 is 0 Å². The van der Waals surface area contributed by atoms with Crippen LogP contribution in [0.25, 0.3) is 0 Å². The summed E-state index contributed by atoms with van der Waals surface area (Å²) in [4.78, 5) is 13.7. The zero-order valence-corrected chi connectivity index (χ0v) is 11.9. The fourth-order valence-electron chi connectivity index (χ4n) is 2.38. The maximum Gasteiger partial charge on any atom is 0.222 e. The van der Waals surface area contributed by atoms with Gasteiger partial charge < -0.3 is 4.90 Å². The van der Waals surface area contributed by atoms with Gasteiger partial charge in [0, 0.05) is 19.5 Å². The number of benzene rings is 1. The largest absolute Gasteiger partial charge is 0.343 e. The van der Waals surface area contributed by atoms with Crippen molar-refractivity contribution in [1.82, 2.24) is 4.90 Å². The van der Waals surface area contributed by atoms with Crippen LogP contribution in [0, 0.1) is 5.82 Å². The van der Waals surface area contributed by atoms with Crippen molar-refractivity contribution in [3.8, 4) is 0 Å². The molecule has 0 saturated carbocycles. The fourth-order valence-corrected chi connectivity index (χ4v) is 2.38. The topological polar surface area (TPSA) is 20.3 Å². The van der Waals surface area contributed by atoms with E-state index in [2.05, 4.69) is 0 Å². The number of hydrogen-bond donors (Lipinski definition) is 0. The maximum atomic E-state index is 12.7. The van der Waals surface area contributed by atoms with Crippen LogP contribution in [0.1, 0.15) is 37.7 Å². The average Bonchev–Trinajstić information content (AvgIpc) is 2.90. The zero-order valence-electron chi connectivity index (χ0n) is 11.1. The lowest BCUT2D eigenvalue weighted by Crippen LogP contribution is -2.27. The Kier molecular flexibility index (Phi) is 6.85. The van der Waals surface area contributed by atoms with Crippen LogP contribution in [-0.4, -0.2) is 23.9 Å². The molecule has 2 nitrogen and oxygen atoms in total. The predicted molar refractivity (Wildman–Crippen MR) is 77.0 cm³/mol. The number of likely N-dealkylation sites (tertiary alicyclic amines) is 1. The van der Waals surface area contributed by atoms with Gasteiger partial charge in [0.25, 0.3) is 0 Å². The summed E-state index contributed by atoms with van der Waals surface area (Å²) >= 11 is 0. The molecule has 0 radical (unpaired) electrons. The van der Waals surface area contributed by atoms with Gasteiger partial charge in [-0.05, 0) is 49.8 Å². The van der Waals surface area contributed by atoms with Gasteiger partial charge in [0.1, 0.15) is 5.82 Å². The summed E-state index contributed by atoms with van der Waals surface area (Å²) in [5.74, 6) is 0.106. The van der Waals surface area contributed by atoms with E-state index < -0.39 is 0 Å². The molecule has 1 heterocycles. The first kappa shape index (κ1) is 16.0. The van der Waals surface area contributed by atoms with Gasteiger partial charge in [-0.15, -0.1) is 12.4 Å². The Labute approximate surface area is 120 Å². The molecule has 0 unspecified atom stereocenters. The summed E-state index contributed by atoms with van der Waals surface area (Å²) in [5.41, 5.74) is 1.14. The second-order valence-electron chi connectivity index (χ2n) is 4.92. The first-order chi connectivity index (χ1) is 8.75. The maximum absolute atomic E-state index is 12.7. The van der Waals surface area contributed by atoms with Crippen molar-refractivity contribution in [1.29, 1.82) is 0 Å². The minimum Gasteiger partial charge on any atom is -0.343 e. The predicted octanol–water partition coefficient (Wildman–Crippen LogP) is 3.58. The highest BCUT2D eigenvalue weighted by Gasteiger charge is 2.16. The van der Waals surface area contributed by atoms with Crippen molar-refractivity contribution in [3.63, 3.8) is 0 Å². The molecule has 4 heteroatoms. The summed E-state index contributed by atoms with van der Waals surface area (Å²) in [6.45, 7) is 1.88. The molecule has 106 valence electrons. The number of carbonyl (C=O) groups excluding carboxylic acids is 1. The van der Waals surface area contributed by atoms with Crippen molar-refractivity contribution in [3.05, 3.63) is 35.6 Å². The first-order valence-electron chi connectivity index (χ1n) is 6.78. The number of unbranched alkanes of at least 4 members (excludes halogenated alkanes) is 1. The zero-order chi connectivity index (χ0) is 12.8. The first-order valence-corrected chi connectivity index (χ1v) is 6.78. The molecule has 1 fully saturated rings. The van der Waals surface area contributed by atoms with Gasteiger partial charge in [0.05, 0.1) is 0 Å². The number of carbonyl (C=O) groups is 1. The third-order valence-corrected chi connectivity index (χ3v) is 3.48. The molecule has 1 aromatic carbocycles. The molecule has 1 aromatic rings. The Bertz CT molecular complexity index is 388. The van der Waals surface area contributed by atoms with Crippen LogP contribution in [0.4, 0.5) is 4.39 Å². The van der Waals surface area contributed by atoms with Crippen LogP contribution in [0.5, 0.6) is 0 Å². The molecule has 0 aliphatic carbocycles. The number of amides is 1. The third-order valence-electron chi connectivity index (χ3n) is 3.48. The van der Waals surface area contributed by atoms with Gasteiger partial charge in [-0.2, -0.15) is 0 Å². The lowest BCUT2D eigenvalue weighted by atomic mass is 10.1. The van der Waals surface area contributed by atoms with Crippen LogP contribution < -0.4 is 0 Å². The monoisotopic (exact) mass is 285 g/mol. The summed E-state index contributed by atoms with van der Waals surface area (Å²) in [6.07, 6.45) is 5.80. The van der Waals surface area contributed by atoms with Crippen LogP contribution in [0.15, 0.2) is 24.3 Å². The molecule has 1 amide bonds. The van der Waals surface area contributed by atoms with E-state index in [0.29, 0.717) is 12.3 Å². The molecular formula is C15H21ClFNO. The highest BCUT2D eigenvalue weighted by Crippen LogP contribution is 2.12. The van der Waals surface area contributed by atoms with Gasteiger partial charge in [-0.3, -0.25) is 4.79 Å². The molecule has 0 N–H and O–H groups in total. The smallest absolute Gasteiger partial charge is 0.222 e. The van der Waals surface area contributed by atoms with Gasteiger partial charge in [-0.1, -0.05) is 12.1 Å². The van der Waals surface area contributed by atoms with E-state index in [0.717, 1.165) is 50.8 Å². The van der Waals surface area contributed by atoms with Crippen LogP contribution in [0.3, 0.4) is 0 Å². The van der Waals surface area contributed by atoms with E-state index in [-0.39, 0.29) is 18.2 Å². The number of halogens is 2. The molecular weight excluding hydrogens is 265 g/mol. The van der Waals surface area contributed by atoms with Crippen molar-refractivity contribution in [2.75, 3.05) is 13.1 Å². The molecule has 0 aromatic heterocycles. The fraction of sp³-hybridized carbons (Fsp3) is 0.533. The van der Waals surface area contributed by atoms with Crippen LogP contribution in [-0.2, 0) is 11.2 Å². The molecule has 19 heavy (non-hydrogen) atoms. The van der Waals surface area contributed by atoms with E-state index >= 15 is 0 Å². The summed E-state index contributed by atoms with van der Waals surface area (Å²) < 4.78 is 12.7. The van der Waals surface area contributed by atoms with E-state index in [9.17, 15) is 9.18 Å². The van der Waals surface area contributed by atoms with E-state index in [1.807, 2.05) is 17.0 Å². The number of rotatable bonds is 5. The summed E-state index contributed by atoms with van der Waals surface area (Å²) in [5, 5.41) is 0. The molecule has 0 spiro atoms. The highest BCUT2D eigenvalue weighted by atomic mass is 35.5. The standard InChI is InChI=1S/C15H20FNO.ClH/c16-14-9-7-13(8-10-14)5-1-2-6-15(18)17-11-3-4-12-17;/h7-10H,1-6,11-12H2;1H. The lowest BCUT2D eigenvalue weighted by Gasteiger charge is -2.14. The second-order valence-corrected chi connectivity index (χ2v) is 4.92. The minimum absolute atomic E-state index is 0. The van der Waals surface area contributed by atoms with Crippen molar-refractivity contribution in [2.45, 2.75) is 38.5 Å². The van der Waals surface area contributed by atoms with E-state index in [4.69, 9.17) is 0 Å². The second kappa shape index (κ2) is 8.16. The van der Waals surface area contributed by atoms with Gasteiger partial charge in [0.15, 0.2) is 0 Å². The Morgan fingerprint density at radius 1 is 1.11 bits per heavy atom. The molecule has 1 aliphatic heterocycles. The molecule has 2 rings (SSSR count). The molecule has 0 atom stereocenters. The van der Waals surface area contributed by atoms with Crippen molar-refractivity contribution < 1.29 is 9.18 Å². The molecule has 1 saturated heterocycles. The van der Waals surface area contributed by atoms with E-state index in [1.165, 1.54) is 12.1 Å². The number of aryl methyl sites for hydroxylation is 1. The Hall–Kier alpha value is -1.09. The van der Waals surface area contributed by atoms with Crippen molar-refractivity contribution in [2.24, 2.45) is 0 Å². The van der Waals surface area contributed by atoms with Gasteiger partial charge in [0.2, 0.25) is 5.91 Å². The number of nitrogens with zero attached hydrogens (tertiary/aromatic N) is 1. The summed E-state index contributed by atoms with van der Waals surface area (Å²) in [7, 11) is 0. The van der Waals surface area contributed by atoms with Gasteiger partial charge in [-0.25, -0.2) is 4.39 Å². The Morgan fingerprint density at radius 2 is 1.74 bits per heavy atom. The quantitative estimate of drug-likeness (QED) is 0.757. The van der Waals surface area contributed by atoms with Crippen molar-refractivity contribution >= 4 is 18.3 Å². The van der Waals surface area contributed by atoms with E-state index in [1.54, 1.807) is 0 Å². The third kappa shape index (κ3) is 5.19.